The van der Waals surface area contributed by atoms with Crippen LogP contribution in [0.25, 0.3) is 0 Å². The first-order chi connectivity index (χ1) is 9.15. The summed E-state index contributed by atoms with van der Waals surface area (Å²) in [6.07, 6.45) is 0.196. The van der Waals surface area contributed by atoms with Crippen LogP contribution in [0.2, 0.25) is 0 Å². The molecule has 0 aliphatic carbocycles. The molecule has 0 bridgehead atoms. The van der Waals surface area contributed by atoms with Gasteiger partial charge in [0.1, 0.15) is 11.6 Å². The number of ether oxygens (including phenoxy) is 1. The van der Waals surface area contributed by atoms with Gasteiger partial charge in [-0.2, -0.15) is 0 Å². The molecule has 19 heavy (non-hydrogen) atoms. The van der Waals surface area contributed by atoms with E-state index in [4.69, 9.17) is 16.3 Å². The van der Waals surface area contributed by atoms with Gasteiger partial charge in [-0.05, 0) is 19.1 Å². The number of benzene rings is 1. The molecular weight excluding hydrogens is 268 g/mol. The Hall–Kier alpha value is -1.75. The second-order valence-corrected chi connectivity index (χ2v) is 4.01. The van der Waals surface area contributed by atoms with Crippen LogP contribution in [-0.2, 0) is 9.59 Å². The molecule has 0 fully saturated rings. The van der Waals surface area contributed by atoms with E-state index in [2.05, 4.69) is 10.6 Å². The maximum atomic E-state index is 11.6. The lowest BCUT2D eigenvalue weighted by atomic mass is 10.3. The van der Waals surface area contributed by atoms with Crippen LogP contribution in [0, 0.1) is 0 Å². The lowest BCUT2D eigenvalue weighted by Gasteiger charge is -2.08. The molecule has 2 amide bonds. The molecule has 0 aliphatic rings. The average molecular weight is 285 g/mol. The number of carbonyl (C=O) groups is 2. The fourth-order valence-electron chi connectivity index (χ4n) is 1.42. The molecule has 6 heteroatoms. The van der Waals surface area contributed by atoms with Crippen molar-refractivity contribution in [3.63, 3.8) is 0 Å². The number of rotatable bonds is 7. The first-order valence-electron chi connectivity index (χ1n) is 6.01. The van der Waals surface area contributed by atoms with Gasteiger partial charge in [-0.25, -0.2) is 0 Å². The van der Waals surface area contributed by atoms with Crippen molar-refractivity contribution in [1.29, 1.82) is 0 Å². The fourth-order valence-corrected chi connectivity index (χ4v) is 1.51. The molecule has 0 unspecified atom stereocenters. The SMILES string of the molecule is CCOc1cccc(NC(=O)CCNC(=O)CCl)c1. The molecule has 0 aliphatic heterocycles. The monoisotopic (exact) mass is 284 g/mol. The van der Waals surface area contributed by atoms with E-state index in [1.807, 2.05) is 13.0 Å². The number of carbonyl (C=O) groups excluding carboxylic acids is 2. The molecule has 1 aromatic rings. The van der Waals surface area contributed by atoms with Crippen molar-refractivity contribution in [3.8, 4) is 5.75 Å². The maximum Gasteiger partial charge on any atom is 0.234 e. The Balaban J connectivity index is 2.39. The van der Waals surface area contributed by atoms with E-state index in [0.717, 1.165) is 0 Å². The fraction of sp³-hybridized carbons (Fsp3) is 0.385. The number of alkyl halides is 1. The van der Waals surface area contributed by atoms with Crippen LogP contribution in [0.1, 0.15) is 13.3 Å². The second kappa shape index (κ2) is 8.37. The van der Waals surface area contributed by atoms with Gasteiger partial charge in [-0.15, -0.1) is 11.6 Å². The summed E-state index contributed by atoms with van der Waals surface area (Å²) in [7, 11) is 0. The molecule has 1 rings (SSSR count). The third-order valence-corrected chi connectivity index (χ3v) is 2.47. The van der Waals surface area contributed by atoms with Crippen LogP contribution in [-0.4, -0.2) is 30.8 Å². The van der Waals surface area contributed by atoms with E-state index in [1.54, 1.807) is 18.2 Å². The molecule has 0 radical (unpaired) electrons. The van der Waals surface area contributed by atoms with Gasteiger partial charge in [0.2, 0.25) is 11.8 Å². The number of hydrogen-bond acceptors (Lipinski definition) is 3. The Kier molecular flexibility index (Phi) is 6.74. The van der Waals surface area contributed by atoms with E-state index in [9.17, 15) is 9.59 Å². The number of halogens is 1. The van der Waals surface area contributed by atoms with E-state index in [1.165, 1.54) is 0 Å². The third-order valence-electron chi connectivity index (χ3n) is 2.22. The van der Waals surface area contributed by atoms with Gasteiger partial charge in [-0.1, -0.05) is 6.07 Å². The zero-order chi connectivity index (χ0) is 14.1. The number of nitrogens with one attached hydrogen (secondary N) is 2. The van der Waals surface area contributed by atoms with Crippen molar-refractivity contribution < 1.29 is 14.3 Å². The van der Waals surface area contributed by atoms with Crippen molar-refractivity contribution in [2.45, 2.75) is 13.3 Å². The molecule has 0 heterocycles. The molecule has 0 saturated heterocycles. The molecule has 2 N–H and O–H groups in total. The van der Waals surface area contributed by atoms with Crippen molar-refractivity contribution in [2.75, 3.05) is 24.3 Å². The smallest absolute Gasteiger partial charge is 0.234 e. The van der Waals surface area contributed by atoms with Crippen molar-refractivity contribution in [3.05, 3.63) is 24.3 Å². The Morgan fingerprint density at radius 3 is 2.79 bits per heavy atom. The van der Waals surface area contributed by atoms with E-state index < -0.39 is 0 Å². The summed E-state index contributed by atoms with van der Waals surface area (Å²) >= 11 is 5.32. The third kappa shape index (κ3) is 6.10. The molecular formula is C13H17ClN2O3. The van der Waals surface area contributed by atoms with Gasteiger partial charge in [0, 0.05) is 24.7 Å². The van der Waals surface area contributed by atoms with Gasteiger partial charge >= 0.3 is 0 Å². The van der Waals surface area contributed by atoms with Crippen molar-refractivity contribution in [1.82, 2.24) is 5.32 Å². The highest BCUT2D eigenvalue weighted by atomic mass is 35.5. The van der Waals surface area contributed by atoms with Crippen LogP contribution in [0.4, 0.5) is 5.69 Å². The predicted molar refractivity (Wildman–Crippen MR) is 74.6 cm³/mol. The minimum atomic E-state index is -0.284. The topological polar surface area (TPSA) is 67.4 Å². The molecule has 104 valence electrons. The molecule has 1 aromatic carbocycles. The predicted octanol–water partition coefficient (Wildman–Crippen LogP) is 1.77. The van der Waals surface area contributed by atoms with Crippen LogP contribution < -0.4 is 15.4 Å². The molecule has 5 nitrogen and oxygen atoms in total. The second-order valence-electron chi connectivity index (χ2n) is 3.74. The maximum absolute atomic E-state index is 11.6. The number of amides is 2. The molecule has 0 spiro atoms. The standard InChI is InChI=1S/C13H17ClN2O3/c1-2-19-11-5-3-4-10(8-11)16-12(17)6-7-15-13(18)9-14/h3-5,8H,2,6-7,9H2,1H3,(H,15,18)(H,16,17). The zero-order valence-corrected chi connectivity index (χ0v) is 11.5. The Bertz CT molecular complexity index is 438. The summed E-state index contributed by atoms with van der Waals surface area (Å²) in [5.41, 5.74) is 0.666. The van der Waals surface area contributed by atoms with Crippen molar-refractivity contribution >= 4 is 29.1 Å². The van der Waals surface area contributed by atoms with Crippen LogP contribution in [0.5, 0.6) is 5.75 Å². The Labute approximate surface area is 117 Å². The number of hydrogen-bond donors (Lipinski definition) is 2. The minimum absolute atomic E-state index is 0.0992. The summed E-state index contributed by atoms with van der Waals surface area (Å²) in [6, 6.07) is 7.15. The van der Waals surface area contributed by atoms with E-state index in [0.29, 0.717) is 18.0 Å². The van der Waals surface area contributed by atoms with E-state index >= 15 is 0 Å². The van der Waals surface area contributed by atoms with Crippen LogP contribution in [0.15, 0.2) is 24.3 Å². The van der Waals surface area contributed by atoms with Crippen molar-refractivity contribution in [2.24, 2.45) is 0 Å². The molecule has 0 aromatic heterocycles. The van der Waals surface area contributed by atoms with Gasteiger partial charge in [0.05, 0.1) is 6.61 Å². The first kappa shape index (κ1) is 15.3. The minimum Gasteiger partial charge on any atom is -0.494 e. The normalized spacial score (nSPS) is 9.79. The Morgan fingerprint density at radius 1 is 1.32 bits per heavy atom. The summed E-state index contributed by atoms with van der Waals surface area (Å²) < 4.78 is 5.33. The van der Waals surface area contributed by atoms with Gasteiger partial charge in [-0.3, -0.25) is 9.59 Å². The lowest BCUT2D eigenvalue weighted by molar-refractivity contribution is -0.119. The van der Waals surface area contributed by atoms with Gasteiger partial charge in [0.15, 0.2) is 0 Å². The summed E-state index contributed by atoms with van der Waals surface area (Å²) in [6.45, 7) is 2.73. The Morgan fingerprint density at radius 2 is 2.11 bits per heavy atom. The van der Waals surface area contributed by atoms with Gasteiger partial charge in [0.25, 0.3) is 0 Å². The summed E-state index contributed by atoms with van der Waals surface area (Å²) in [5.74, 6) is 0.143. The quantitative estimate of drug-likeness (QED) is 0.750. The highest BCUT2D eigenvalue weighted by molar-refractivity contribution is 6.27. The zero-order valence-electron chi connectivity index (χ0n) is 10.7. The highest BCUT2D eigenvalue weighted by Crippen LogP contribution is 2.17. The molecule has 0 saturated carbocycles. The highest BCUT2D eigenvalue weighted by Gasteiger charge is 2.04. The van der Waals surface area contributed by atoms with Crippen LogP contribution in [0.3, 0.4) is 0 Å². The lowest BCUT2D eigenvalue weighted by Crippen LogP contribution is -2.28. The first-order valence-corrected chi connectivity index (χ1v) is 6.54. The molecule has 0 atom stereocenters. The summed E-state index contributed by atoms with van der Waals surface area (Å²) in [5, 5.41) is 5.25. The average Bonchev–Trinajstić information content (AvgIpc) is 2.39. The largest absolute Gasteiger partial charge is 0.494 e. The van der Waals surface area contributed by atoms with Crippen LogP contribution >= 0.6 is 11.6 Å². The van der Waals surface area contributed by atoms with E-state index in [-0.39, 0.29) is 30.7 Å². The number of anilines is 1. The van der Waals surface area contributed by atoms with Gasteiger partial charge < -0.3 is 15.4 Å². The summed E-state index contributed by atoms with van der Waals surface area (Å²) in [4.78, 5) is 22.5.